The van der Waals surface area contributed by atoms with E-state index in [-0.39, 0.29) is 6.61 Å². The molecule has 0 radical (unpaired) electrons. The van der Waals surface area contributed by atoms with Gasteiger partial charge in [-0.2, -0.15) is 0 Å². The van der Waals surface area contributed by atoms with Crippen LogP contribution >= 0.6 is 0 Å². The Labute approximate surface area is 127 Å². The molecular weight excluding hydrogens is 276 g/mol. The van der Waals surface area contributed by atoms with E-state index in [4.69, 9.17) is 14.2 Å². The van der Waals surface area contributed by atoms with Gasteiger partial charge in [0.1, 0.15) is 24.4 Å². The quantitative estimate of drug-likeness (QED) is 0.518. The van der Waals surface area contributed by atoms with Gasteiger partial charge in [-0.1, -0.05) is 39.0 Å². The van der Waals surface area contributed by atoms with Gasteiger partial charge in [-0.05, 0) is 6.42 Å². The molecule has 21 heavy (non-hydrogen) atoms. The predicted octanol–water partition coefficient (Wildman–Crippen LogP) is 0.817. The van der Waals surface area contributed by atoms with Crippen molar-refractivity contribution >= 4 is 0 Å². The van der Waals surface area contributed by atoms with E-state index in [2.05, 4.69) is 6.92 Å². The summed E-state index contributed by atoms with van der Waals surface area (Å²) in [6, 6.07) is 0. The van der Waals surface area contributed by atoms with E-state index < -0.39 is 30.7 Å². The number of aliphatic hydroxyl groups excluding tert-OH is 3. The van der Waals surface area contributed by atoms with Gasteiger partial charge in [0, 0.05) is 13.7 Å². The first kappa shape index (κ1) is 18.8. The van der Waals surface area contributed by atoms with Crippen LogP contribution in [0.1, 0.15) is 45.4 Å². The van der Waals surface area contributed by atoms with Crippen LogP contribution in [0.15, 0.2) is 0 Å². The molecule has 6 nitrogen and oxygen atoms in total. The van der Waals surface area contributed by atoms with Crippen molar-refractivity contribution in [2.75, 3.05) is 20.3 Å². The third kappa shape index (κ3) is 5.81. The summed E-state index contributed by atoms with van der Waals surface area (Å²) in [6.45, 7) is 2.36. The van der Waals surface area contributed by atoms with Crippen molar-refractivity contribution in [1.82, 2.24) is 0 Å². The summed E-state index contributed by atoms with van der Waals surface area (Å²) in [4.78, 5) is 0. The first-order valence-corrected chi connectivity index (χ1v) is 7.92. The van der Waals surface area contributed by atoms with Crippen molar-refractivity contribution in [1.29, 1.82) is 0 Å². The zero-order valence-electron chi connectivity index (χ0n) is 13.1. The molecule has 126 valence electrons. The number of rotatable bonds is 10. The van der Waals surface area contributed by atoms with E-state index in [1.807, 2.05) is 0 Å². The summed E-state index contributed by atoms with van der Waals surface area (Å²) in [5.74, 6) is 0. The zero-order chi connectivity index (χ0) is 15.7. The molecule has 0 saturated carbocycles. The minimum absolute atomic E-state index is 0.292. The Morgan fingerprint density at radius 2 is 1.67 bits per heavy atom. The summed E-state index contributed by atoms with van der Waals surface area (Å²) in [5, 5.41) is 29.2. The molecule has 0 unspecified atom stereocenters. The Hall–Kier alpha value is -0.240. The molecule has 0 aromatic heterocycles. The largest absolute Gasteiger partial charge is 0.394 e. The van der Waals surface area contributed by atoms with Crippen molar-refractivity contribution in [2.45, 2.75) is 76.2 Å². The maximum absolute atomic E-state index is 9.96. The highest BCUT2D eigenvalue weighted by atomic mass is 16.7. The van der Waals surface area contributed by atoms with Gasteiger partial charge in [0.15, 0.2) is 6.29 Å². The lowest BCUT2D eigenvalue weighted by molar-refractivity contribution is -0.304. The van der Waals surface area contributed by atoms with Gasteiger partial charge in [0.05, 0.1) is 6.61 Å². The number of hydrogen-bond acceptors (Lipinski definition) is 6. The Morgan fingerprint density at radius 1 is 1.00 bits per heavy atom. The van der Waals surface area contributed by atoms with Gasteiger partial charge in [-0.15, -0.1) is 0 Å². The lowest BCUT2D eigenvalue weighted by atomic mass is 9.99. The van der Waals surface area contributed by atoms with Crippen LogP contribution < -0.4 is 0 Å². The van der Waals surface area contributed by atoms with Crippen LogP contribution in [0.25, 0.3) is 0 Å². The maximum Gasteiger partial charge on any atom is 0.186 e. The molecule has 1 aliphatic rings. The molecule has 0 spiro atoms. The van der Waals surface area contributed by atoms with Crippen molar-refractivity contribution in [3.8, 4) is 0 Å². The van der Waals surface area contributed by atoms with E-state index in [0.29, 0.717) is 6.61 Å². The van der Waals surface area contributed by atoms with Gasteiger partial charge in [0.25, 0.3) is 0 Å². The number of aliphatic hydroxyl groups is 3. The summed E-state index contributed by atoms with van der Waals surface area (Å²) >= 11 is 0. The molecule has 0 aromatic carbocycles. The third-order valence-corrected chi connectivity index (χ3v) is 3.87. The second-order valence-electron chi connectivity index (χ2n) is 5.55. The number of hydrogen-bond donors (Lipinski definition) is 3. The molecule has 1 heterocycles. The van der Waals surface area contributed by atoms with E-state index in [1.165, 1.54) is 32.8 Å². The van der Waals surface area contributed by atoms with Gasteiger partial charge in [-0.3, -0.25) is 0 Å². The third-order valence-electron chi connectivity index (χ3n) is 3.87. The summed E-state index contributed by atoms with van der Waals surface area (Å²) in [7, 11) is 1.41. The summed E-state index contributed by atoms with van der Waals surface area (Å²) in [6.07, 6.45) is 2.21. The van der Waals surface area contributed by atoms with Crippen LogP contribution in [0.5, 0.6) is 0 Å². The highest BCUT2D eigenvalue weighted by Gasteiger charge is 2.44. The highest BCUT2D eigenvalue weighted by molar-refractivity contribution is 4.89. The Bertz CT molecular complexity index is 261. The maximum atomic E-state index is 9.96. The highest BCUT2D eigenvalue weighted by Crippen LogP contribution is 2.24. The molecule has 0 aliphatic carbocycles. The minimum Gasteiger partial charge on any atom is -0.394 e. The lowest BCUT2D eigenvalue weighted by Crippen LogP contribution is -2.59. The molecule has 1 rings (SSSR count). The van der Waals surface area contributed by atoms with Crippen molar-refractivity contribution in [2.24, 2.45) is 0 Å². The molecule has 1 saturated heterocycles. The Kier molecular flexibility index (Phi) is 9.39. The average Bonchev–Trinajstić information content (AvgIpc) is 2.50. The fourth-order valence-corrected chi connectivity index (χ4v) is 2.56. The average molecular weight is 306 g/mol. The Morgan fingerprint density at radius 3 is 2.29 bits per heavy atom. The Balaban J connectivity index is 2.27. The van der Waals surface area contributed by atoms with Crippen LogP contribution in [0.2, 0.25) is 0 Å². The SMILES string of the molecule is CCCCCCCCO[C@@H]1O[C@H](CO)[C@H](OC)[C@H](O)[C@H]1O. The van der Waals surface area contributed by atoms with Crippen molar-refractivity contribution in [3.05, 3.63) is 0 Å². The second-order valence-corrected chi connectivity index (χ2v) is 5.55. The van der Waals surface area contributed by atoms with Gasteiger partial charge >= 0.3 is 0 Å². The van der Waals surface area contributed by atoms with E-state index in [0.717, 1.165) is 12.8 Å². The standard InChI is InChI=1S/C15H30O6/c1-3-4-5-6-7-8-9-20-15-13(18)12(17)14(19-2)11(10-16)21-15/h11-18H,3-10H2,1-2H3/t11-,12-,13-,14+,15-/m1/s1. The molecular formula is C15H30O6. The molecule has 0 bridgehead atoms. The second kappa shape index (κ2) is 10.5. The van der Waals surface area contributed by atoms with Crippen LogP contribution in [-0.4, -0.2) is 66.3 Å². The lowest BCUT2D eigenvalue weighted by Gasteiger charge is -2.41. The topological polar surface area (TPSA) is 88.4 Å². The number of ether oxygens (including phenoxy) is 3. The van der Waals surface area contributed by atoms with Crippen LogP contribution in [0, 0.1) is 0 Å². The first-order valence-electron chi connectivity index (χ1n) is 7.92. The monoisotopic (exact) mass is 306 g/mol. The van der Waals surface area contributed by atoms with Crippen LogP contribution in [0.3, 0.4) is 0 Å². The predicted molar refractivity (Wildman–Crippen MR) is 77.9 cm³/mol. The number of unbranched alkanes of at least 4 members (excludes halogenated alkanes) is 5. The van der Waals surface area contributed by atoms with Crippen molar-refractivity contribution < 1.29 is 29.5 Å². The molecule has 3 N–H and O–H groups in total. The van der Waals surface area contributed by atoms with Crippen LogP contribution in [-0.2, 0) is 14.2 Å². The zero-order valence-corrected chi connectivity index (χ0v) is 13.1. The molecule has 5 atom stereocenters. The molecule has 1 fully saturated rings. The van der Waals surface area contributed by atoms with Crippen LogP contribution in [0.4, 0.5) is 0 Å². The van der Waals surface area contributed by atoms with E-state index >= 15 is 0 Å². The number of methoxy groups -OCH3 is 1. The smallest absolute Gasteiger partial charge is 0.186 e. The first-order chi connectivity index (χ1) is 10.2. The van der Waals surface area contributed by atoms with Gasteiger partial charge in [-0.25, -0.2) is 0 Å². The summed E-state index contributed by atoms with van der Waals surface area (Å²) in [5.41, 5.74) is 0. The fraction of sp³-hybridized carbons (Fsp3) is 1.00. The van der Waals surface area contributed by atoms with E-state index in [9.17, 15) is 15.3 Å². The molecule has 6 heteroatoms. The normalized spacial score (nSPS) is 33.3. The minimum atomic E-state index is -1.17. The summed E-state index contributed by atoms with van der Waals surface area (Å²) < 4.78 is 16.0. The fourth-order valence-electron chi connectivity index (χ4n) is 2.56. The molecule has 0 amide bonds. The van der Waals surface area contributed by atoms with Gasteiger partial charge < -0.3 is 29.5 Å². The van der Waals surface area contributed by atoms with Gasteiger partial charge in [0.2, 0.25) is 0 Å². The van der Waals surface area contributed by atoms with Crippen molar-refractivity contribution in [3.63, 3.8) is 0 Å². The van der Waals surface area contributed by atoms with E-state index in [1.54, 1.807) is 0 Å². The molecule has 0 aromatic rings. The molecule has 1 aliphatic heterocycles.